The average molecular weight is 266 g/mol. The van der Waals surface area contributed by atoms with Gasteiger partial charge in [0.1, 0.15) is 0 Å². The van der Waals surface area contributed by atoms with E-state index in [1.807, 2.05) is 12.1 Å². The summed E-state index contributed by atoms with van der Waals surface area (Å²) in [7, 11) is 3.11. The quantitative estimate of drug-likeness (QED) is 0.828. The highest BCUT2D eigenvalue weighted by Crippen LogP contribution is 2.38. The molecule has 0 radical (unpaired) electrons. The first-order chi connectivity index (χ1) is 9.26. The summed E-state index contributed by atoms with van der Waals surface area (Å²) < 4.78 is 10.4. The fourth-order valence-corrected chi connectivity index (χ4v) is 2.37. The maximum atomic E-state index is 10.2. The Hall–Kier alpha value is -1.46. The number of ether oxygens (including phenoxy) is 2. The predicted molar refractivity (Wildman–Crippen MR) is 74.2 cm³/mol. The van der Waals surface area contributed by atoms with Crippen molar-refractivity contribution in [2.75, 3.05) is 46.9 Å². The van der Waals surface area contributed by atoms with Crippen LogP contribution in [0.3, 0.4) is 0 Å². The largest absolute Gasteiger partial charge is 0.504 e. The Morgan fingerprint density at radius 3 is 2.58 bits per heavy atom. The molecule has 1 heterocycles. The Labute approximate surface area is 114 Å². The Kier molecular flexibility index (Phi) is 4.87. The zero-order valence-electron chi connectivity index (χ0n) is 11.6. The van der Waals surface area contributed by atoms with Crippen molar-refractivity contribution in [1.29, 1.82) is 0 Å². The molecule has 19 heavy (non-hydrogen) atoms. The van der Waals surface area contributed by atoms with E-state index in [0.717, 1.165) is 44.7 Å². The van der Waals surface area contributed by atoms with E-state index in [4.69, 9.17) is 9.47 Å². The van der Waals surface area contributed by atoms with E-state index in [1.165, 1.54) is 7.11 Å². The van der Waals surface area contributed by atoms with E-state index in [2.05, 4.69) is 10.2 Å². The number of benzene rings is 1. The van der Waals surface area contributed by atoms with Gasteiger partial charge in [-0.1, -0.05) is 6.07 Å². The maximum absolute atomic E-state index is 10.2. The minimum atomic E-state index is 0.192. The van der Waals surface area contributed by atoms with Crippen LogP contribution in [-0.2, 0) is 6.42 Å². The second-order valence-corrected chi connectivity index (χ2v) is 4.65. The van der Waals surface area contributed by atoms with Gasteiger partial charge in [0.15, 0.2) is 11.5 Å². The summed E-state index contributed by atoms with van der Waals surface area (Å²) in [4.78, 5) is 2.40. The van der Waals surface area contributed by atoms with Crippen molar-refractivity contribution < 1.29 is 14.6 Å². The normalized spacial score (nSPS) is 16.3. The second kappa shape index (κ2) is 6.63. The summed E-state index contributed by atoms with van der Waals surface area (Å²) in [5.74, 6) is 1.17. The van der Waals surface area contributed by atoms with Crippen LogP contribution < -0.4 is 14.8 Å². The topological polar surface area (TPSA) is 54.0 Å². The summed E-state index contributed by atoms with van der Waals surface area (Å²) in [5, 5.41) is 13.5. The van der Waals surface area contributed by atoms with Crippen molar-refractivity contribution in [3.8, 4) is 17.2 Å². The molecule has 106 valence electrons. The van der Waals surface area contributed by atoms with Crippen LogP contribution in [0.5, 0.6) is 17.2 Å². The molecule has 1 fully saturated rings. The molecule has 0 spiro atoms. The molecule has 1 aliphatic heterocycles. The first kappa shape index (κ1) is 14.0. The number of rotatable bonds is 5. The number of phenolic OH excluding ortho intramolecular Hbond substituents is 1. The fraction of sp³-hybridized carbons (Fsp3) is 0.571. The highest BCUT2D eigenvalue weighted by Gasteiger charge is 2.15. The summed E-state index contributed by atoms with van der Waals surface area (Å²) in [6.07, 6.45) is 0.812. The van der Waals surface area contributed by atoms with Crippen molar-refractivity contribution in [1.82, 2.24) is 10.2 Å². The Balaban J connectivity index is 2.03. The van der Waals surface area contributed by atoms with Crippen LogP contribution >= 0.6 is 0 Å². The van der Waals surface area contributed by atoms with Gasteiger partial charge in [0.2, 0.25) is 5.75 Å². The Bertz CT molecular complexity index is 417. The van der Waals surface area contributed by atoms with Gasteiger partial charge in [0.05, 0.1) is 14.2 Å². The summed E-state index contributed by atoms with van der Waals surface area (Å²) in [6, 6.07) is 3.74. The molecule has 0 atom stereocenters. The molecule has 1 saturated heterocycles. The van der Waals surface area contributed by atoms with Crippen molar-refractivity contribution in [2.24, 2.45) is 0 Å². The zero-order valence-corrected chi connectivity index (χ0v) is 11.6. The van der Waals surface area contributed by atoms with Crippen LogP contribution in [0, 0.1) is 0 Å². The summed E-state index contributed by atoms with van der Waals surface area (Å²) in [6.45, 7) is 5.16. The van der Waals surface area contributed by atoms with E-state index in [9.17, 15) is 5.11 Å². The lowest BCUT2D eigenvalue weighted by molar-refractivity contribution is 0.242. The number of nitrogens with one attached hydrogen (secondary N) is 1. The molecule has 1 aromatic carbocycles. The van der Waals surface area contributed by atoms with Gasteiger partial charge in [-0.3, -0.25) is 0 Å². The van der Waals surface area contributed by atoms with Crippen LogP contribution in [0.2, 0.25) is 0 Å². The van der Waals surface area contributed by atoms with Crippen molar-refractivity contribution in [3.05, 3.63) is 17.7 Å². The van der Waals surface area contributed by atoms with Gasteiger partial charge in [-0.15, -0.1) is 0 Å². The molecule has 0 aromatic heterocycles. The summed E-state index contributed by atoms with van der Waals surface area (Å²) >= 11 is 0. The number of methoxy groups -OCH3 is 2. The molecule has 1 aromatic rings. The van der Waals surface area contributed by atoms with Crippen molar-refractivity contribution >= 4 is 0 Å². The van der Waals surface area contributed by atoms with Crippen LogP contribution in [0.15, 0.2) is 12.1 Å². The van der Waals surface area contributed by atoms with Gasteiger partial charge < -0.3 is 24.8 Å². The minimum Gasteiger partial charge on any atom is -0.504 e. The summed E-state index contributed by atoms with van der Waals surface area (Å²) in [5.41, 5.74) is 0.899. The van der Waals surface area contributed by atoms with Gasteiger partial charge in [0.25, 0.3) is 0 Å². The molecule has 5 nitrogen and oxygen atoms in total. The van der Waals surface area contributed by atoms with Crippen LogP contribution in [0.25, 0.3) is 0 Å². The molecule has 0 unspecified atom stereocenters. The van der Waals surface area contributed by atoms with Gasteiger partial charge in [-0.2, -0.15) is 0 Å². The predicted octanol–water partition coefficient (Wildman–Crippen LogP) is 0.857. The Morgan fingerprint density at radius 2 is 1.95 bits per heavy atom. The van der Waals surface area contributed by atoms with E-state index < -0.39 is 0 Å². The van der Waals surface area contributed by atoms with Crippen molar-refractivity contribution in [2.45, 2.75) is 6.42 Å². The maximum Gasteiger partial charge on any atom is 0.203 e. The standard InChI is InChI=1S/C14H22N2O3/c1-18-12-4-3-11(13(17)14(12)19-2)5-8-16-9-6-15-7-10-16/h3-4,15,17H,5-10H2,1-2H3. The molecule has 0 amide bonds. The lowest BCUT2D eigenvalue weighted by Crippen LogP contribution is -2.44. The number of nitrogens with zero attached hydrogens (tertiary/aromatic N) is 1. The van der Waals surface area contributed by atoms with Crippen LogP contribution in [0.1, 0.15) is 5.56 Å². The molecular weight excluding hydrogens is 244 g/mol. The first-order valence-corrected chi connectivity index (χ1v) is 6.62. The van der Waals surface area contributed by atoms with E-state index >= 15 is 0 Å². The molecule has 0 bridgehead atoms. The molecule has 1 aliphatic rings. The van der Waals surface area contributed by atoms with E-state index in [0.29, 0.717) is 11.5 Å². The molecule has 0 saturated carbocycles. The van der Waals surface area contributed by atoms with Gasteiger partial charge in [0, 0.05) is 32.7 Å². The molecule has 5 heteroatoms. The number of hydrogen-bond acceptors (Lipinski definition) is 5. The number of piperazine rings is 1. The lowest BCUT2D eigenvalue weighted by atomic mass is 10.1. The molecule has 2 rings (SSSR count). The third-order valence-electron chi connectivity index (χ3n) is 3.51. The van der Waals surface area contributed by atoms with Crippen LogP contribution in [-0.4, -0.2) is 56.9 Å². The number of hydrogen-bond donors (Lipinski definition) is 2. The third-order valence-corrected chi connectivity index (χ3v) is 3.51. The monoisotopic (exact) mass is 266 g/mol. The number of phenols is 1. The fourth-order valence-electron chi connectivity index (χ4n) is 2.37. The van der Waals surface area contributed by atoms with E-state index in [-0.39, 0.29) is 5.75 Å². The SMILES string of the molecule is COc1ccc(CCN2CCNCC2)c(O)c1OC. The second-order valence-electron chi connectivity index (χ2n) is 4.65. The van der Waals surface area contributed by atoms with Gasteiger partial charge >= 0.3 is 0 Å². The highest BCUT2D eigenvalue weighted by molar-refractivity contribution is 5.54. The third kappa shape index (κ3) is 3.30. The molecular formula is C14H22N2O3. The first-order valence-electron chi connectivity index (χ1n) is 6.62. The van der Waals surface area contributed by atoms with E-state index in [1.54, 1.807) is 7.11 Å². The van der Waals surface area contributed by atoms with Gasteiger partial charge in [-0.05, 0) is 18.1 Å². The highest BCUT2D eigenvalue weighted by atomic mass is 16.5. The zero-order chi connectivity index (χ0) is 13.7. The number of aromatic hydroxyl groups is 1. The van der Waals surface area contributed by atoms with Crippen LogP contribution in [0.4, 0.5) is 0 Å². The smallest absolute Gasteiger partial charge is 0.203 e. The average Bonchev–Trinajstić information content (AvgIpc) is 2.46. The Morgan fingerprint density at radius 1 is 1.21 bits per heavy atom. The molecule has 2 N–H and O–H groups in total. The van der Waals surface area contributed by atoms with Gasteiger partial charge in [-0.25, -0.2) is 0 Å². The molecule has 0 aliphatic carbocycles. The van der Waals surface area contributed by atoms with Crippen molar-refractivity contribution in [3.63, 3.8) is 0 Å². The minimum absolute atomic E-state index is 0.192. The lowest BCUT2D eigenvalue weighted by Gasteiger charge is -2.27.